The summed E-state index contributed by atoms with van der Waals surface area (Å²) < 4.78 is 40.0. The zero-order chi connectivity index (χ0) is 13.8. The van der Waals surface area contributed by atoms with Gasteiger partial charge in [0, 0.05) is 18.2 Å². The Morgan fingerprint density at radius 2 is 2.17 bits per heavy atom. The Bertz CT molecular complexity index is 435. The van der Waals surface area contributed by atoms with E-state index < -0.39 is 12.8 Å². The van der Waals surface area contributed by atoms with Gasteiger partial charge in [-0.25, -0.2) is 0 Å². The predicted octanol–water partition coefficient (Wildman–Crippen LogP) is 3.41. The maximum atomic E-state index is 11.9. The summed E-state index contributed by atoms with van der Waals surface area (Å²) in [6, 6.07) is 1.38. The Morgan fingerprint density at radius 3 is 2.67 bits per heavy atom. The molecule has 18 heavy (non-hydrogen) atoms. The van der Waals surface area contributed by atoms with Gasteiger partial charge in [-0.3, -0.25) is 9.78 Å². The fourth-order valence-corrected chi connectivity index (χ4v) is 1.41. The lowest BCUT2D eigenvalue weighted by atomic mass is 10.1. The van der Waals surface area contributed by atoms with Gasteiger partial charge in [-0.15, -0.1) is 0 Å². The fraction of sp³-hybridized carbons (Fsp3) is 0.455. The normalized spacial score (nSPS) is 11.6. The van der Waals surface area contributed by atoms with Gasteiger partial charge in [-0.05, 0) is 6.07 Å². The monoisotopic (exact) mass is 281 g/mol. The number of ether oxygens (including phenoxy) is 1. The summed E-state index contributed by atoms with van der Waals surface area (Å²) in [5.41, 5.74) is 0.510. The highest BCUT2D eigenvalue weighted by molar-refractivity contribution is 6.31. The lowest BCUT2D eigenvalue weighted by Crippen LogP contribution is -2.17. The van der Waals surface area contributed by atoms with E-state index in [2.05, 4.69) is 9.72 Å². The molecule has 3 nitrogen and oxygen atoms in total. The average molecular weight is 282 g/mol. The van der Waals surface area contributed by atoms with Gasteiger partial charge in [-0.2, -0.15) is 13.2 Å². The number of pyridine rings is 1. The highest BCUT2D eigenvalue weighted by atomic mass is 35.5. The van der Waals surface area contributed by atoms with Crippen LogP contribution in [-0.2, 0) is 11.3 Å². The first-order valence-corrected chi connectivity index (χ1v) is 5.53. The van der Waals surface area contributed by atoms with Crippen molar-refractivity contribution in [1.29, 1.82) is 0 Å². The molecule has 0 fully saturated rings. The molecular weight excluding hydrogens is 271 g/mol. The number of alkyl halides is 3. The highest BCUT2D eigenvalue weighted by Gasteiger charge is 2.27. The minimum Gasteiger partial charge on any atom is -0.366 e. The molecule has 1 aromatic heterocycles. The second-order valence-electron chi connectivity index (χ2n) is 3.54. The van der Waals surface area contributed by atoms with Gasteiger partial charge in [0.2, 0.25) is 0 Å². The second kappa shape index (κ2) is 6.15. The van der Waals surface area contributed by atoms with Crippen LogP contribution in [0.15, 0.2) is 12.3 Å². The number of carbonyl (C=O) groups is 1. The van der Waals surface area contributed by atoms with Crippen LogP contribution in [0.25, 0.3) is 0 Å². The zero-order valence-corrected chi connectivity index (χ0v) is 10.3. The van der Waals surface area contributed by atoms with Crippen LogP contribution in [0.4, 0.5) is 13.2 Å². The summed E-state index contributed by atoms with van der Waals surface area (Å²) >= 11 is 5.80. The number of rotatable bonds is 5. The average Bonchev–Trinajstić information content (AvgIpc) is 2.28. The molecule has 0 aromatic carbocycles. The van der Waals surface area contributed by atoms with E-state index in [4.69, 9.17) is 11.6 Å². The van der Waals surface area contributed by atoms with Gasteiger partial charge in [0.1, 0.15) is 6.61 Å². The first kappa shape index (κ1) is 14.9. The van der Waals surface area contributed by atoms with Gasteiger partial charge in [0.05, 0.1) is 17.3 Å². The van der Waals surface area contributed by atoms with Crippen molar-refractivity contribution < 1.29 is 22.7 Å². The molecule has 1 aromatic rings. The zero-order valence-electron chi connectivity index (χ0n) is 9.55. The summed E-state index contributed by atoms with van der Waals surface area (Å²) in [4.78, 5) is 15.2. The molecule has 0 atom stereocenters. The number of hydrogen-bond acceptors (Lipinski definition) is 3. The molecule has 0 saturated heterocycles. The maximum absolute atomic E-state index is 11.9. The van der Waals surface area contributed by atoms with E-state index in [1.54, 1.807) is 6.92 Å². The van der Waals surface area contributed by atoms with Crippen molar-refractivity contribution in [2.45, 2.75) is 26.1 Å². The van der Waals surface area contributed by atoms with E-state index in [1.165, 1.54) is 12.3 Å². The first-order chi connectivity index (χ1) is 8.33. The highest BCUT2D eigenvalue weighted by Crippen LogP contribution is 2.19. The Hall–Kier alpha value is -1.14. The summed E-state index contributed by atoms with van der Waals surface area (Å²) in [6.45, 7) is -0.0177. The molecular formula is C11H11ClF3NO2. The maximum Gasteiger partial charge on any atom is 0.411 e. The molecule has 0 aliphatic heterocycles. The van der Waals surface area contributed by atoms with Gasteiger partial charge in [-0.1, -0.05) is 18.5 Å². The van der Waals surface area contributed by atoms with E-state index in [0.717, 1.165) is 0 Å². The molecule has 0 spiro atoms. The van der Waals surface area contributed by atoms with Crippen molar-refractivity contribution in [3.05, 3.63) is 28.5 Å². The lowest BCUT2D eigenvalue weighted by Gasteiger charge is -2.08. The van der Waals surface area contributed by atoms with E-state index >= 15 is 0 Å². The van der Waals surface area contributed by atoms with E-state index in [1.807, 2.05) is 0 Å². The van der Waals surface area contributed by atoms with Crippen molar-refractivity contribution in [2.75, 3.05) is 6.61 Å². The standard InChI is InChI=1S/C11H11ClF3NO2/c1-2-10(17)7-3-8(12)9(16-4-7)5-18-6-11(13,14)15/h3-4H,2,5-6H2,1H3. The van der Waals surface area contributed by atoms with Gasteiger partial charge in [0.25, 0.3) is 0 Å². The van der Waals surface area contributed by atoms with Gasteiger partial charge >= 0.3 is 6.18 Å². The van der Waals surface area contributed by atoms with Crippen molar-refractivity contribution in [1.82, 2.24) is 4.98 Å². The van der Waals surface area contributed by atoms with Crippen LogP contribution in [0.3, 0.4) is 0 Å². The number of ketones is 1. The van der Waals surface area contributed by atoms with Crippen molar-refractivity contribution in [2.24, 2.45) is 0 Å². The van der Waals surface area contributed by atoms with E-state index in [0.29, 0.717) is 12.0 Å². The summed E-state index contributed by atoms with van der Waals surface area (Å²) in [7, 11) is 0. The van der Waals surface area contributed by atoms with Crippen molar-refractivity contribution >= 4 is 17.4 Å². The number of Topliss-reactive ketones (excluding diaryl/α,β-unsaturated/α-hetero) is 1. The third-order valence-electron chi connectivity index (χ3n) is 2.06. The van der Waals surface area contributed by atoms with Crippen LogP contribution >= 0.6 is 11.6 Å². The molecule has 0 N–H and O–H groups in total. The largest absolute Gasteiger partial charge is 0.411 e. The molecule has 0 aliphatic rings. The Kier molecular flexibility index (Phi) is 5.10. The number of halogens is 4. The molecule has 100 valence electrons. The molecule has 1 heterocycles. The molecule has 1 rings (SSSR count). The van der Waals surface area contributed by atoms with Crippen LogP contribution in [0, 0.1) is 0 Å². The molecule has 0 bridgehead atoms. The summed E-state index contributed by atoms with van der Waals surface area (Å²) in [6.07, 6.45) is -2.80. The third kappa shape index (κ3) is 4.62. The lowest BCUT2D eigenvalue weighted by molar-refractivity contribution is -0.176. The summed E-state index contributed by atoms with van der Waals surface area (Å²) in [5, 5.41) is 0.122. The van der Waals surface area contributed by atoms with Crippen molar-refractivity contribution in [3.8, 4) is 0 Å². The Labute approximate surface area is 107 Å². The smallest absolute Gasteiger partial charge is 0.366 e. The topological polar surface area (TPSA) is 39.2 Å². The third-order valence-corrected chi connectivity index (χ3v) is 2.39. The SMILES string of the molecule is CCC(=O)c1cnc(COCC(F)(F)F)c(Cl)c1. The summed E-state index contributed by atoms with van der Waals surface area (Å²) in [5.74, 6) is -0.132. The number of nitrogens with zero attached hydrogens (tertiary/aromatic N) is 1. The molecule has 7 heteroatoms. The number of carbonyl (C=O) groups excluding carboxylic acids is 1. The van der Waals surface area contributed by atoms with Crippen molar-refractivity contribution in [3.63, 3.8) is 0 Å². The van der Waals surface area contributed by atoms with Crippen LogP contribution in [0.5, 0.6) is 0 Å². The predicted molar refractivity (Wildman–Crippen MR) is 59.6 cm³/mol. The van der Waals surface area contributed by atoms with E-state index in [-0.39, 0.29) is 23.1 Å². The minimum atomic E-state index is -4.38. The van der Waals surface area contributed by atoms with Gasteiger partial charge in [0.15, 0.2) is 5.78 Å². The molecule has 0 amide bonds. The minimum absolute atomic E-state index is 0.122. The molecule has 0 aliphatic carbocycles. The molecule has 0 saturated carbocycles. The quantitative estimate of drug-likeness (QED) is 0.777. The molecule has 0 radical (unpaired) electrons. The number of aromatic nitrogens is 1. The van der Waals surface area contributed by atoms with Crippen LogP contribution in [0.1, 0.15) is 29.4 Å². The van der Waals surface area contributed by atoms with E-state index in [9.17, 15) is 18.0 Å². The van der Waals surface area contributed by atoms with Crippen LogP contribution in [0.2, 0.25) is 5.02 Å². The van der Waals surface area contributed by atoms with Crippen LogP contribution in [-0.4, -0.2) is 23.6 Å². The Morgan fingerprint density at radius 1 is 1.50 bits per heavy atom. The second-order valence-corrected chi connectivity index (χ2v) is 3.94. The van der Waals surface area contributed by atoms with Gasteiger partial charge < -0.3 is 4.74 Å². The van der Waals surface area contributed by atoms with Crippen LogP contribution < -0.4 is 0 Å². The first-order valence-electron chi connectivity index (χ1n) is 5.15. The Balaban J connectivity index is 2.66. The number of hydrogen-bond donors (Lipinski definition) is 0. The fourth-order valence-electron chi connectivity index (χ4n) is 1.19. The molecule has 0 unspecified atom stereocenters.